The maximum atomic E-state index is 4.48. The van der Waals surface area contributed by atoms with Crippen molar-refractivity contribution in [1.29, 1.82) is 0 Å². The smallest absolute Gasteiger partial charge is 0.148 e. The van der Waals surface area contributed by atoms with Gasteiger partial charge in [-0.2, -0.15) is 5.10 Å². The van der Waals surface area contributed by atoms with Gasteiger partial charge in [-0.3, -0.25) is 4.68 Å². The van der Waals surface area contributed by atoms with E-state index in [0.29, 0.717) is 0 Å². The maximum absolute atomic E-state index is 4.48. The summed E-state index contributed by atoms with van der Waals surface area (Å²) in [7, 11) is 2.02. The average molecular weight is 234 g/mol. The number of nitrogens with zero attached hydrogens (tertiary/aromatic N) is 2. The number of hydrogen-bond acceptors (Lipinski definition) is 3. The van der Waals surface area contributed by atoms with E-state index in [9.17, 15) is 0 Å². The van der Waals surface area contributed by atoms with Gasteiger partial charge in [-0.05, 0) is 38.5 Å². The molecule has 0 atom stereocenters. The van der Waals surface area contributed by atoms with Crippen LogP contribution in [0.2, 0.25) is 0 Å². The standard InChI is InChI=1S/C13H22N4/c1-9-4-6-13(7-5-9)8-14-11-10(2)16-17(3)12(11)15-13/h9,14-15H,4-8H2,1-3H3. The Bertz CT molecular complexity index is 427. The molecule has 4 nitrogen and oxygen atoms in total. The first kappa shape index (κ1) is 10.9. The number of fused-ring (bicyclic) bond motifs is 1. The Morgan fingerprint density at radius 3 is 2.76 bits per heavy atom. The van der Waals surface area contributed by atoms with Gasteiger partial charge in [0.05, 0.1) is 11.2 Å². The van der Waals surface area contributed by atoms with Crippen molar-refractivity contribution in [2.75, 3.05) is 17.2 Å². The van der Waals surface area contributed by atoms with Crippen LogP contribution in [-0.2, 0) is 7.05 Å². The van der Waals surface area contributed by atoms with Crippen molar-refractivity contribution in [3.05, 3.63) is 5.69 Å². The van der Waals surface area contributed by atoms with Crippen LogP contribution in [-0.4, -0.2) is 21.9 Å². The summed E-state index contributed by atoms with van der Waals surface area (Å²) in [5, 5.41) is 11.8. The highest BCUT2D eigenvalue weighted by Gasteiger charge is 2.38. The summed E-state index contributed by atoms with van der Waals surface area (Å²) >= 11 is 0. The van der Waals surface area contributed by atoms with Crippen LogP contribution in [0, 0.1) is 12.8 Å². The molecule has 1 aromatic rings. The molecule has 1 fully saturated rings. The monoisotopic (exact) mass is 234 g/mol. The van der Waals surface area contributed by atoms with Crippen molar-refractivity contribution < 1.29 is 0 Å². The van der Waals surface area contributed by atoms with Crippen LogP contribution >= 0.6 is 0 Å². The molecule has 3 rings (SSSR count). The summed E-state index contributed by atoms with van der Waals surface area (Å²) in [5.74, 6) is 2.06. The molecule has 1 aromatic heterocycles. The Morgan fingerprint density at radius 2 is 2.06 bits per heavy atom. The molecule has 0 bridgehead atoms. The van der Waals surface area contributed by atoms with Crippen LogP contribution in [0.1, 0.15) is 38.3 Å². The van der Waals surface area contributed by atoms with Gasteiger partial charge in [-0.15, -0.1) is 0 Å². The molecule has 17 heavy (non-hydrogen) atoms. The Morgan fingerprint density at radius 1 is 1.35 bits per heavy atom. The molecule has 2 N–H and O–H groups in total. The molecule has 94 valence electrons. The van der Waals surface area contributed by atoms with Gasteiger partial charge in [0.15, 0.2) is 0 Å². The molecule has 0 unspecified atom stereocenters. The molecule has 1 aliphatic heterocycles. The van der Waals surface area contributed by atoms with Crippen LogP contribution in [0.3, 0.4) is 0 Å². The van der Waals surface area contributed by atoms with Gasteiger partial charge >= 0.3 is 0 Å². The minimum absolute atomic E-state index is 0.264. The Labute approximate surface area is 103 Å². The van der Waals surface area contributed by atoms with Gasteiger partial charge in [0.1, 0.15) is 11.5 Å². The number of rotatable bonds is 0. The molecule has 4 heteroatoms. The summed E-state index contributed by atoms with van der Waals surface area (Å²) in [6.07, 6.45) is 5.21. The summed E-state index contributed by atoms with van der Waals surface area (Å²) in [6.45, 7) is 5.47. The summed E-state index contributed by atoms with van der Waals surface area (Å²) in [6, 6.07) is 0. The van der Waals surface area contributed by atoms with E-state index in [0.717, 1.165) is 18.2 Å². The first-order valence-corrected chi connectivity index (χ1v) is 6.65. The normalized spacial score (nSPS) is 31.8. The minimum atomic E-state index is 0.264. The SMILES string of the molecule is Cc1nn(C)c2c1NCC1(CCC(C)CC1)N2. The molecule has 0 saturated heterocycles. The van der Waals surface area contributed by atoms with E-state index >= 15 is 0 Å². The first-order chi connectivity index (χ1) is 8.10. The van der Waals surface area contributed by atoms with Crippen LogP contribution in [0.15, 0.2) is 0 Å². The van der Waals surface area contributed by atoms with Crippen LogP contribution in [0.4, 0.5) is 11.5 Å². The molecule has 1 saturated carbocycles. The molecule has 0 amide bonds. The number of nitrogens with one attached hydrogen (secondary N) is 2. The van der Waals surface area contributed by atoms with E-state index in [1.165, 1.54) is 37.2 Å². The fraction of sp³-hybridized carbons (Fsp3) is 0.769. The third-order valence-corrected chi connectivity index (χ3v) is 4.44. The van der Waals surface area contributed by atoms with Gasteiger partial charge < -0.3 is 10.6 Å². The summed E-state index contributed by atoms with van der Waals surface area (Å²) < 4.78 is 1.97. The number of aromatic nitrogens is 2. The number of anilines is 2. The Kier molecular flexibility index (Phi) is 2.35. The second kappa shape index (κ2) is 3.65. The lowest BCUT2D eigenvalue weighted by Crippen LogP contribution is -2.50. The maximum Gasteiger partial charge on any atom is 0.148 e. The quantitative estimate of drug-likeness (QED) is 0.725. The second-order valence-electron chi connectivity index (χ2n) is 5.87. The molecule has 1 aliphatic carbocycles. The lowest BCUT2D eigenvalue weighted by atomic mass is 9.76. The van der Waals surface area contributed by atoms with E-state index < -0.39 is 0 Å². The Balaban J connectivity index is 1.87. The lowest BCUT2D eigenvalue weighted by Gasteiger charge is -2.43. The fourth-order valence-corrected chi connectivity index (χ4v) is 3.18. The highest BCUT2D eigenvalue weighted by Crippen LogP contribution is 2.40. The molecule has 0 radical (unpaired) electrons. The average Bonchev–Trinajstić information content (AvgIpc) is 2.59. The van der Waals surface area contributed by atoms with Crippen molar-refractivity contribution >= 4 is 11.5 Å². The molecular formula is C13H22N4. The van der Waals surface area contributed by atoms with Crippen molar-refractivity contribution in [3.63, 3.8) is 0 Å². The van der Waals surface area contributed by atoms with E-state index in [2.05, 4.69) is 29.6 Å². The zero-order chi connectivity index (χ0) is 12.0. The van der Waals surface area contributed by atoms with Crippen LogP contribution in [0.5, 0.6) is 0 Å². The minimum Gasteiger partial charge on any atom is -0.378 e. The van der Waals surface area contributed by atoms with E-state index in [-0.39, 0.29) is 5.54 Å². The highest BCUT2D eigenvalue weighted by atomic mass is 15.4. The van der Waals surface area contributed by atoms with Crippen molar-refractivity contribution in [2.24, 2.45) is 13.0 Å². The predicted octanol–water partition coefficient (Wildman–Crippen LogP) is 2.51. The molecule has 0 aromatic carbocycles. The van der Waals surface area contributed by atoms with E-state index in [4.69, 9.17) is 0 Å². The van der Waals surface area contributed by atoms with Crippen molar-refractivity contribution in [3.8, 4) is 0 Å². The van der Waals surface area contributed by atoms with Gasteiger partial charge in [-0.25, -0.2) is 0 Å². The molecule has 2 aliphatic rings. The summed E-state index contributed by atoms with van der Waals surface area (Å²) in [5.41, 5.74) is 2.55. The zero-order valence-electron chi connectivity index (χ0n) is 11.0. The summed E-state index contributed by atoms with van der Waals surface area (Å²) in [4.78, 5) is 0. The molecule has 1 spiro atoms. The largest absolute Gasteiger partial charge is 0.378 e. The van der Waals surface area contributed by atoms with Gasteiger partial charge in [0.2, 0.25) is 0 Å². The third-order valence-electron chi connectivity index (χ3n) is 4.44. The lowest BCUT2D eigenvalue weighted by molar-refractivity contribution is 0.273. The second-order valence-corrected chi connectivity index (χ2v) is 5.87. The fourth-order valence-electron chi connectivity index (χ4n) is 3.18. The highest BCUT2D eigenvalue weighted by molar-refractivity contribution is 5.71. The van der Waals surface area contributed by atoms with Gasteiger partial charge in [0, 0.05) is 13.6 Å². The predicted molar refractivity (Wildman–Crippen MR) is 70.4 cm³/mol. The molecular weight excluding hydrogens is 212 g/mol. The zero-order valence-corrected chi connectivity index (χ0v) is 11.0. The van der Waals surface area contributed by atoms with Gasteiger partial charge in [-0.1, -0.05) is 6.92 Å². The van der Waals surface area contributed by atoms with E-state index in [1.54, 1.807) is 0 Å². The van der Waals surface area contributed by atoms with Gasteiger partial charge in [0.25, 0.3) is 0 Å². The third kappa shape index (κ3) is 1.70. The molecule has 2 heterocycles. The van der Waals surface area contributed by atoms with E-state index in [1.807, 2.05) is 11.7 Å². The number of aryl methyl sites for hydroxylation is 2. The van der Waals surface area contributed by atoms with Crippen LogP contribution < -0.4 is 10.6 Å². The van der Waals surface area contributed by atoms with Crippen LogP contribution in [0.25, 0.3) is 0 Å². The van der Waals surface area contributed by atoms with Crippen molar-refractivity contribution in [2.45, 2.75) is 45.1 Å². The number of hydrogen-bond donors (Lipinski definition) is 2. The first-order valence-electron chi connectivity index (χ1n) is 6.65. The Hall–Kier alpha value is -1.19. The van der Waals surface area contributed by atoms with Crippen molar-refractivity contribution in [1.82, 2.24) is 9.78 Å². The topological polar surface area (TPSA) is 41.9 Å².